The monoisotopic (exact) mass is 378 g/mol. The predicted molar refractivity (Wildman–Crippen MR) is 108 cm³/mol. The first kappa shape index (κ1) is 19.5. The fourth-order valence-corrected chi connectivity index (χ4v) is 2.67. The van der Waals surface area contributed by atoms with Crippen molar-refractivity contribution < 1.29 is 9.18 Å². The second-order valence-electron chi connectivity index (χ2n) is 7.54. The summed E-state index contributed by atoms with van der Waals surface area (Å²) in [5.41, 5.74) is 4.11. The number of hydrogen-bond donors (Lipinski definition) is 2. The number of hydrogen-bond acceptors (Lipinski definition) is 3. The zero-order valence-electron chi connectivity index (χ0n) is 16.2. The van der Waals surface area contributed by atoms with Crippen molar-refractivity contribution in [3.8, 4) is 11.3 Å². The van der Waals surface area contributed by atoms with Gasteiger partial charge in [0.25, 0.3) is 0 Å². The largest absolute Gasteiger partial charge is 0.332 e. The topological polar surface area (TPSA) is 66.9 Å². The van der Waals surface area contributed by atoms with E-state index in [4.69, 9.17) is 0 Å². The van der Waals surface area contributed by atoms with Gasteiger partial charge in [-0.05, 0) is 53.4 Å². The molecule has 2 aromatic carbocycles. The van der Waals surface area contributed by atoms with Gasteiger partial charge in [0.1, 0.15) is 12.1 Å². The molecule has 28 heavy (non-hydrogen) atoms. The third kappa shape index (κ3) is 5.13. The van der Waals surface area contributed by atoms with Crippen LogP contribution in [0.15, 0.2) is 60.9 Å². The number of aromatic nitrogens is 2. The third-order valence-corrected chi connectivity index (χ3v) is 4.30. The van der Waals surface area contributed by atoms with Gasteiger partial charge in [0, 0.05) is 11.3 Å². The fraction of sp³-hybridized carbons (Fsp3) is 0.227. The summed E-state index contributed by atoms with van der Waals surface area (Å²) in [7, 11) is 0. The second kappa shape index (κ2) is 8.17. The minimum Gasteiger partial charge on any atom is -0.332 e. The number of urea groups is 1. The summed E-state index contributed by atoms with van der Waals surface area (Å²) >= 11 is 0. The maximum absolute atomic E-state index is 13.1. The molecule has 1 aromatic heterocycles. The van der Waals surface area contributed by atoms with E-state index < -0.39 is 0 Å². The van der Waals surface area contributed by atoms with Crippen LogP contribution < -0.4 is 10.6 Å². The molecule has 0 aliphatic heterocycles. The first-order chi connectivity index (χ1) is 13.3. The molecule has 0 aliphatic carbocycles. The van der Waals surface area contributed by atoms with Gasteiger partial charge in [-0.1, -0.05) is 32.9 Å². The normalized spacial score (nSPS) is 11.1. The summed E-state index contributed by atoms with van der Waals surface area (Å²) in [6, 6.07) is 15.3. The van der Waals surface area contributed by atoms with Crippen molar-refractivity contribution in [3.05, 3.63) is 78.0 Å². The molecule has 3 rings (SSSR count). The van der Waals surface area contributed by atoms with Gasteiger partial charge in [0.2, 0.25) is 0 Å². The Labute approximate surface area is 164 Å². The van der Waals surface area contributed by atoms with Gasteiger partial charge in [0.05, 0.1) is 17.9 Å². The Balaban J connectivity index is 1.59. The summed E-state index contributed by atoms with van der Waals surface area (Å²) in [4.78, 5) is 20.5. The van der Waals surface area contributed by atoms with E-state index in [0.29, 0.717) is 11.4 Å². The molecule has 0 saturated heterocycles. The van der Waals surface area contributed by atoms with Crippen LogP contribution in [0.25, 0.3) is 11.3 Å². The minimum absolute atomic E-state index is 0.0655. The maximum Gasteiger partial charge on any atom is 0.319 e. The van der Waals surface area contributed by atoms with Crippen LogP contribution in [0.1, 0.15) is 32.0 Å². The predicted octanol–water partition coefficient (Wildman–Crippen LogP) is 4.90. The Morgan fingerprint density at radius 2 is 1.68 bits per heavy atom. The van der Waals surface area contributed by atoms with Crippen LogP contribution in [0.4, 0.5) is 14.9 Å². The zero-order valence-corrected chi connectivity index (χ0v) is 16.2. The number of carbonyl (C=O) groups excluding carboxylic acids is 1. The molecule has 5 nitrogen and oxygen atoms in total. The highest BCUT2D eigenvalue weighted by molar-refractivity contribution is 5.89. The number of anilines is 1. The van der Waals surface area contributed by atoms with Crippen molar-refractivity contribution >= 4 is 11.7 Å². The molecular formula is C22H23FN4O. The lowest BCUT2D eigenvalue weighted by Gasteiger charge is -2.19. The van der Waals surface area contributed by atoms with E-state index in [2.05, 4.69) is 41.4 Å². The molecule has 6 heteroatoms. The summed E-state index contributed by atoms with van der Waals surface area (Å²) < 4.78 is 13.1. The number of rotatable bonds is 4. The molecule has 0 atom stereocenters. The SMILES string of the molecule is CC(C)(C)c1ccc(NC(=O)NCc2cc(-c3ccc(F)cc3)ncn2)cc1. The van der Waals surface area contributed by atoms with Crippen LogP contribution in [0.5, 0.6) is 0 Å². The van der Waals surface area contributed by atoms with Gasteiger partial charge in [-0.3, -0.25) is 0 Å². The molecule has 0 aliphatic rings. The van der Waals surface area contributed by atoms with E-state index >= 15 is 0 Å². The van der Waals surface area contributed by atoms with E-state index in [1.54, 1.807) is 18.2 Å². The summed E-state index contributed by atoms with van der Waals surface area (Å²) in [6.45, 7) is 6.68. The average molecular weight is 378 g/mol. The highest BCUT2D eigenvalue weighted by Crippen LogP contribution is 2.23. The van der Waals surface area contributed by atoms with Gasteiger partial charge in [-0.25, -0.2) is 19.2 Å². The molecule has 144 valence electrons. The van der Waals surface area contributed by atoms with Gasteiger partial charge in [0.15, 0.2) is 0 Å². The maximum atomic E-state index is 13.1. The number of amides is 2. The first-order valence-electron chi connectivity index (χ1n) is 9.03. The van der Waals surface area contributed by atoms with Crippen molar-refractivity contribution in [1.29, 1.82) is 0 Å². The Morgan fingerprint density at radius 1 is 1.00 bits per heavy atom. The number of halogens is 1. The van der Waals surface area contributed by atoms with Gasteiger partial charge in [-0.15, -0.1) is 0 Å². The van der Waals surface area contributed by atoms with Crippen LogP contribution in [0.3, 0.4) is 0 Å². The zero-order chi connectivity index (χ0) is 20.1. The molecule has 0 saturated carbocycles. The van der Waals surface area contributed by atoms with Crippen LogP contribution in [-0.2, 0) is 12.0 Å². The first-order valence-corrected chi connectivity index (χ1v) is 9.03. The highest BCUT2D eigenvalue weighted by Gasteiger charge is 2.13. The second-order valence-corrected chi connectivity index (χ2v) is 7.54. The number of benzene rings is 2. The third-order valence-electron chi connectivity index (χ3n) is 4.30. The molecule has 0 spiro atoms. The smallest absolute Gasteiger partial charge is 0.319 e. The standard InChI is InChI=1S/C22H23FN4O/c1-22(2,3)16-6-10-18(11-7-16)27-21(28)24-13-19-12-20(26-14-25-19)15-4-8-17(23)9-5-15/h4-12,14H,13H2,1-3H3,(H2,24,27,28). The number of nitrogens with one attached hydrogen (secondary N) is 2. The van der Waals surface area contributed by atoms with Crippen molar-refractivity contribution in [3.63, 3.8) is 0 Å². The van der Waals surface area contributed by atoms with E-state index in [1.165, 1.54) is 24.0 Å². The van der Waals surface area contributed by atoms with Crippen molar-refractivity contribution in [2.24, 2.45) is 0 Å². The lowest BCUT2D eigenvalue weighted by Crippen LogP contribution is -2.28. The molecule has 3 aromatic rings. The van der Waals surface area contributed by atoms with Crippen LogP contribution in [0, 0.1) is 5.82 Å². The minimum atomic E-state index is -0.314. The van der Waals surface area contributed by atoms with Crippen molar-refractivity contribution in [2.75, 3.05) is 5.32 Å². The number of nitrogens with zero attached hydrogens (tertiary/aromatic N) is 2. The lowest BCUT2D eigenvalue weighted by molar-refractivity contribution is 0.251. The molecule has 2 amide bonds. The lowest BCUT2D eigenvalue weighted by atomic mass is 9.87. The number of carbonyl (C=O) groups is 1. The van der Waals surface area contributed by atoms with E-state index in [-0.39, 0.29) is 23.8 Å². The quantitative estimate of drug-likeness (QED) is 0.678. The van der Waals surface area contributed by atoms with Crippen molar-refractivity contribution in [1.82, 2.24) is 15.3 Å². The average Bonchev–Trinajstić information content (AvgIpc) is 2.67. The highest BCUT2D eigenvalue weighted by atomic mass is 19.1. The van der Waals surface area contributed by atoms with Gasteiger partial charge >= 0.3 is 6.03 Å². The van der Waals surface area contributed by atoms with Crippen LogP contribution in [0.2, 0.25) is 0 Å². The molecule has 0 radical (unpaired) electrons. The Hall–Kier alpha value is -3.28. The van der Waals surface area contributed by atoms with E-state index in [1.807, 2.05) is 24.3 Å². The van der Waals surface area contributed by atoms with Crippen LogP contribution >= 0.6 is 0 Å². The summed E-state index contributed by atoms with van der Waals surface area (Å²) in [5, 5.41) is 5.59. The molecule has 1 heterocycles. The fourth-order valence-electron chi connectivity index (χ4n) is 2.67. The van der Waals surface area contributed by atoms with E-state index in [0.717, 1.165) is 11.3 Å². The summed E-state index contributed by atoms with van der Waals surface area (Å²) in [6.07, 6.45) is 1.43. The van der Waals surface area contributed by atoms with Gasteiger partial charge < -0.3 is 10.6 Å². The molecular weight excluding hydrogens is 355 g/mol. The molecule has 0 bridgehead atoms. The molecule has 0 unspecified atom stereocenters. The Kier molecular flexibility index (Phi) is 5.68. The Morgan fingerprint density at radius 3 is 2.32 bits per heavy atom. The molecule has 2 N–H and O–H groups in total. The molecule has 0 fully saturated rings. The Bertz CT molecular complexity index is 948. The van der Waals surface area contributed by atoms with Crippen molar-refractivity contribution in [2.45, 2.75) is 32.7 Å². The summed E-state index contributed by atoms with van der Waals surface area (Å²) in [5.74, 6) is -0.299. The van der Waals surface area contributed by atoms with Crippen LogP contribution in [-0.4, -0.2) is 16.0 Å². The van der Waals surface area contributed by atoms with E-state index in [9.17, 15) is 9.18 Å². The van der Waals surface area contributed by atoms with Gasteiger partial charge in [-0.2, -0.15) is 0 Å².